The third-order valence-electron chi connectivity index (χ3n) is 6.65. The molecule has 2 aromatic carbocycles. The molecule has 0 radical (unpaired) electrons. The Labute approximate surface area is 194 Å². The van der Waals surface area contributed by atoms with Gasteiger partial charge in [-0.15, -0.1) is 0 Å². The van der Waals surface area contributed by atoms with Crippen LogP contribution in [0.5, 0.6) is 5.75 Å². The highest BCUT2D eigenvalue weighted by atomic mass is 16.5. The summed E-state index contributed by atoms with van der Waals surface area (Å²) in [6.07, 6.45) is 6.66. The summed E-state index contributed by atoms with van der Waals surface area (Å²) in [6, 6.07) is 18.7. The van der Waals surface area contributed by atoms with Gasteiger partial charge in [-0.05, 0) is 36.6 Å². The SMILES string of the molecule is CCCCCCC[C@@](O)(c1ccc(OCC)cc1)[C@H](CN1CCOCC1)c1ccccc1. The van der Waals surface area contributed by atoms with E-state index >= 15 is 0 Å². The molecule has 1 aliphatic heterocycles. The fourth-order valence-corrected chi connectivity index (χ4v) is 4.78. The molecule has 1 N–H and O–H groups in total. The number of aliphatic hydroxyl groups is 1. The molecule has 1 aliphatic rings. The van der Waals surface area contributed by atoms with Crippen LogP contribution in [-0.2, 0) is 10.3 Å². The molecule has 4 heteroatoms. The second-order valence-corrected chi connectivity index (χ2v) is 8.92. The molecule has 2 atom stereocenters. The highest BCUT2D eigenvalue weighted by molar-refractivity contribution is 5.35. The molecule has 1 fully saturated rings. The van der Waals surface area contributed by atoms with Gasteiger partial charge in [-0.25, -0.2) is 0 Å². The fraction of sp³-hybridized carbons (Fsp3) is 0.571. The molecular weight excluding hydrogens is 398 g/mol. The largest absolute Gasteiger partial charge is 0.494 e. The van der Waals surface area contributed by atoms with E-state index in [2.05, 4.69) is 54.3 Å². The topological polar surface area (TPSA) is 41.9 Å². The smallest absolute Gasteiger partial charge is 0.119 e. The van der Waals surface area contributed by atoms with Gasteiger partial charge in [-0.3, -0.25) is 4.90 Å². The van der Waals surface area contributed by atoms with E-state index in [0.29, 0.717) is 6.61 Å². The van der Waals surface area contributed by atoms with Gasteiger partial charge in [0.1, 0.15) is 5.75 Å². The molecule has 0 bridgehead atoms. The number of benzene rings is 2. The lowest BCUT2D eigenvalue weighted by Crippen LogP contribution is -2.45. The summed E-state index contributed by atoms with van der Waals surface area (Å²) in [5.41, 5.74) is 1.25. The molecule has 2 aromatic rings. The van der Waals surface area contributed by atoms with Crippen molar-refractivity contribution in [3.05, 3.63) is 65.7 Å². The summed E-state index contributed by atoms with van der Waals surface area (Å²) in [6.45, 7) is 9.06. The van der Waals surface area contributed by atoms with Crippen LogP contribution in [0.2, 0.25) is 0 Å². The Bertz CT molecular complexity index is 758. The maximum atomic E-state index is 12.4. The third-order valence-corrected chi connectivity index (χ3v) is 6.65. The molecule has 1 saturated heterocycles. The van der Waals surface area contributed by atoms with Crippen LogP contribution in [0, 0.1) is 0 Å². The lowest BCUT2D eigenvalue weighted by molar-refractivity contribution is -0.0296. The van der Waals surface area contributed by atoms with Crippen molar-refractivity contribution in [3.8, 4) is 5.75 Å². The summed E-state index contributed by atoms with van der Waals surface area (Å²) in [5, 5.41) is 12.4. The van der Waals surface area contributed by atoms with Crippen molar-refractivity contribution in [3.63, 3.8) is 0 Å². The second kappa shape index (κ2) is 13.0. The summed E-state index contributed by atoms with van der Waals surface area (Å²) in [5.74, 6) is 0.844. The van der Waals surface area contributed by atoms with Crippen molar-refractivity contribution >= 4 is 0 Å². The average molecular weight is 440 g/mol. The van der Waals surface area contributed by atoms with Crippen molar-refractivity contribution < 1.29 is 14.6 Å². The average Bonchev–Trinajstić information content (AvgIpc) is 2.84. The van der Waals surface area contributed by atoms with Gasteiger partial charge < -0.3 is 14.6 Å². The maximum absolute atomic E-state index is 12.4. The van der Waals surface area contributed by atoms with Gasteiger partial charge >= 0.3 is 0 Å². The molecule has 0 spiro atoms. The van der Waals surface area contributed by atoms with Gasteiger partial charge in [-0.2, -0.15) is 0 Å². The minimum atomic E-state index is -0.934. The number of ether oxygens (including phenoxy) is 2. The molecule has 4 nitrogen and oxygen atoms in total. The minimum absolute atomic E-state index is 0.00841. The molecule has 0 saturated carbocycles. The highest BCUT2D eigenvalue weighted by Crippen LogP contribution is 2.42. The monoisotopic (exact) mass is 439 g/mol. The van der Waals surface area contributed by atoms with Gasteiger partial charge in [0.15, 0.2) is 0 Å². The van der Waals surface area contributed by atoms with Crippen LogP contribution < -0.4 is 4.74 Å². The van der Waals surface area contributed by atoms with Crippen LogP contribution in [0.15, 0.2) is 54.6 Å². The second-order valence-electron chi connectivity index (χ2n) is 8.92. The number of unbranched alkanes of at least 4 members (excludes halogenated alkanes) is 4. The van der Waals surface area contributed by atoms with Crippen molar-refractivity contribution in [2.24, 2.45) is 0 Å². The standard InChI is InChI=1S/C28H41NO3/c1-3-5-6-7-11-18-28(30,25-14-16-26(17-15-25)32-4-2)27(24-12-9-8-10-13-24)23-29-19-21-31-22-20-29/h8-10,12-17,27,30H,3-7,11,18-23H2,1-2H3/t27-,28-/m1/s1. The number of rotatable bonds is 13. The number of nitrogens with zero attached hydrogens (tertiary/aromatic N) is 1. The van der Waals surface area contributed by atoms with E-state index < -0.39 is 5.60 Å². The lowest BCUT2D eigenvalue weighted by atomic mass is 9.73. The van der Waals surface area contributed by atoms with E-state index in [9.17, 15) is 5.11 Å². The van der Waals surface area contributed by atoms with Gasteiger partial charge in [0.2, 0.25) is 0 Å². The first-order valence-corrected chi connectivity index (χ1v) is 12.5. The van der Waals surface area contributed by atoms with E-state index in [1.165, 1.54) is 24.8 Å². The van der Waals surface area contributed by atoms with E-state index in [1.807, 2.05) is 19.1 Å². The first-order valence-electron chi connectivity index (χ1n) is 12.5. The van der Waals surface area contributed by atoms with Crippen LogP contribution in [0.4, 0.5) is 0 Å². The first kappa shape index (κ1) is 24.8. The number of morpholine rings is 1. The zero-order valence-corrected chi connectivity index (χ0v) is 20.0. The van der Waals surface area contributed by atoms with Crippen molar-refractivity contribution in [2.75, 3.05) is 39.5 Å². The van der Waals surface area contributed by atoms with Crippen LogP contribution in [-0.4, -0.2) is 49.5 Å². The zero-order valence-electron chi connectivity index (χ0n) is 20.0. The maximum Gasteiger partial charge on any atom is 0.119 e. The molecule has 3 rings (SSSR count). The normalized spacial score (nSPS) is 17.6. The summed E-state index contributed by atoms with van der Waals surface area (Å²) >= 11 is 0. The van der Waals surface area contributed by atoms with Gasteiger partial charge in [0.05, 0.1) is 25.4 Å². The molecule has 176 valence electrons. The molecule has 32 heavy (non-hydrogen) atoms. The molecule has 0 aromatic heterocycles. The lowest BCUT2D eigenvalue weighted by Gasteiger charge is -2.41. The minimum Gasteiger partial charge on any atom is -0.494 e. The summed E-state index contributed by atoms with van der Waals surface area (Å²) < 4.78 is 11.2. The molecule has 1 heterocycles. The molecule has 0 amide bonds. The summed E-state index contributed by atoms with van der Waals surface area (Å²) in [7, 11) is 0. The Kier molecular flexibility index (Phi) is 10.0. The van der Waals surface area contributed by atoms with Crippen LogP contribution in [0.1, 0.15) is 69.4 Å². The van der Waals surface area contributed by atoms with Crippen molar-refractivity contribution in [1.82, 2.24) is 4.90 Å². The van der Waals surface area contributed by atoms with Gasteiger partial charge in [0.25, 0.3) is 0 Å². The Morgan fingerprint density at radius 3 is 2.28 bits per heavy atom. The predicted octanol–water partition coefficient (Wildman–Crippen LogP) is 5.75. The number of hydrogen-bond acceptors (Lipinski definition) is 4. The highest BCUT2D eigenvalue weighted by Gasteiger charge is 2.40. The third kappa shape index (κ3) is 6.81. The van der Waals surface area contributed by atoms with E-state index in [-0.39, 0.29) is 5.92 Å². The quantitative estimate of drug-likeness (QED) is 0.404. The van der Waals surface area contributed by atoms with Crippen LogP contribution in [0.3, 0.4) is 0 Å². The Morgan fingerprint density at radius 1 is 0.938 bits per heavy atom. The van der Waals surface area contributed by atoms with Gasteiger partial charge in [0, 0.05) is 25.6 Å². The van der Waals surface area contributed by atoms with Crippen molar-refractivity contribution in [1.29, 1.82) is 0 Å². The molecule has 0 aliphatic carbocycles. The van der Waals surface area contributed by atoms with Crippen molar-refractivity contribution in [2.45, 2.75) is 63.9 Å². The Morgan fingerprint density at radius 2 is 1.62 bits per heavy atom. The first-order chi connectivity index (χ1) is 15.7. The predicted molar refractivity (Wildman–Crippen MR) is 131 cm³/mol. The fourth-order valence-electron chi connectivity index (χ4n) is 4.78. The number of hydrogen-bond donors (Lipinski definition) is 1. The van der Waals surface area contributed by atoms with Crippen LogP contribution in [0.25, 0.3) is 0 Å². The van der Waals surface area contributed by atoms with Crippen LogP contribution >= 0.6 is 0 Å². The Balaban J connectivity index is 1.91. The van der Waals surface area contributed by atoms with Gasteiger partial charge in [-0.1, -0.05) is 81.5 Å². The summed E-state index contributed by atoms with van der Waals surface area (Å²) in [4.78, 5) is 2.44. The van der Waals surface area contributed by atoms with E-state index in [4.69, 9.17) is 9.47 Å². The zero-order chi connectivity index (χ0) is 22.7. The van der Waals surface area contributed by atoms with E-state index in [1.54, 1.807) is 0 Å². The van der Waals surface area contributed by atoms with E-state index in [0.717, 1.165) is 63.4 Å². The molecular formula is C28H41NO3. The Hall–Kier alpha value is -1.88. The molecule has 0 unspecified atom stereocenters.